The number of ether oxygens (including phenoxy) is 2. The minimum Gasteiger partial charge on any atom is -0.444 e. The maximum absolute atomic E-state index is 12.5. The monoisotopic (exact) mass is 306 g/mol. The van der Waals surface area contributed by atoms with Gasteiger partial charge in [-0.2, -0.15) is 0 Å². The molecule has 0 spiro atoms. The summed E-state index contributed by atoms with van der Waals surface area (Å²) >= 11 is 0. The fraction of sp³-hybridized carbons (Fsp3) is 0.529. The lowest BCUT2D eigenvalue weighted by Crippen LogP contribution is -2.43. The fourth-order valence-corrected chi connectivity index (χ4v) is 2.66. The van der Waals surface area contributed by atoms with Gasteiger partial charge in [-0.25, -0.2) is 4.79 Å². The van der Waals surface area contributed by atoms with E-state index in [9.17, 15) is 9.59 Å². The topological polar surface area (TPSA) is 60.2 Å². The molecular formula is C17H24NO4+. The summed E-state index contributed by atoms with van der Waals surface area (Å²) in [5.41, 5.74) is 1.67. The van der Waals surface area contributed by atoms with Crippen molar-refractivity contribution in [3.63, 3.8) is 0 Å². The predicted molar refractivity (Wildman–Crippen MR) is 84.4 cm³/mol. The molecule has 0 radical (unpaired) electrons. The third kappa shape index (κ3) is 3.78. The van der Waals surface area contributed by atoms with Gasteiger partial charge in [0.1, 0.15) is 12.0 Å². The van der Waals surface area contributed by atoms with Crippen LogP contribution in [0.2, 0.25) is 0 Å². The van der Waals surface area contributed by atoms with Crippen molar-refractivity contribution in [1.82, 2.24) is 4.90 Å². The largest absolute Gasteiger partial charge is 0.484 e. The number of fused-ring (bicyclic) bond motifs is 1. The summed E-state index contributed by atoms with van der Waals surface area (Å²) in [6.07, 6.45) is 0.655. The molecule has 1 atom stereocenters. The molecular weight excluding hydrogens is 282 g/mol. The van der Waals surface area contributed by atoms with Gasteiger partial charge in [-0.3, -0.25) is 4.90 Å². The zero-order valence-corrected chi connectivity index (χ0v) is 13.6. The van der Waals surface area contributed by atoms with Crippen molar-refractivity contribution in [3.8, 4) is 0 Å². The van der Waals surface area contributed by atoms with Crippen LogP contribution < -0.4 is 0 Å². The van der Waals surface area contributed by atoms with Gasteiger partial charge < -0.3 is 14.3 Å². The molecule has 1 N–H and O–H groups in total. The van der Waals surface area contributed by atoms with E-state index < -0.39 is 5.60 Å². The fourth-order valence-electron chi connectivity index (χ4n) is 2.66. The molecule has 1 amide bonds. The van der Waals surface area contributed by atoms with Crippen molar-refractivity contribution in [2.75, 3.05) is 13.7 Å². The predicted octanol–water partition coefficient (Wildman–Crippen LogP) is 3.06. The van der Waals surface area contributed by atoms with Gasteiger partial charge in [0.05, 0.1) is 6.04 Å². The quantitative estimate of drug-likeness (QED) is 0.623. The highest BCUT2D eigenvalue weighted by molar-refractivity contribution is 5.74. The minimum absolute atomic E-state index is 0.0877. The average molecular weight is 306 g/mol. The molecule has 1 aromatic rings. The number of esters is 1. The Bertz CT molecular complexity index is 562. The molecule has 1 aromatic carbocycles. The van der Waals surface area contributed by atoms with E-state index in [2.05, 4.69) is 6.07 Å². The van der Waals surface area contributed by atoms with Crippen LogP contribution in [-0.2, 0) is 15.9 Å². The molecule has 1 aliphatic heterocycles. The highest BCUT2D eigenvalue weighted by atomic mass is 16.6. The molecule has 120 valence electrons. The zero-order valence-electron chi connectivity index (χ0n) is 13.6. The van der Waals surface area contributed by atoms with E-state index in [0.717, 1.165) is 12.0 Å². The lowest BCUT2D eigenvalue weighted by molar-refractivity contribution is 0.0142. The molecule has 0 saturated carbocycles. The third-order valence-electron chi connectivity index (χ3n) is 3.64. The third-order valence-corrected chi connectivity index (χ3v) is 3.64. The molecule has 1 unspecified atom stereocenters. The summed E-state index contributed by atoms with van der Waals surface area (Å²) < 4.78 is 10.4. The van der Waals surface area contributed by atoms with Crippen molar-refractivity contribution >= 4 is 12.1 Å². The summed E-state index contributed by atoms with van der Waals surface area (Å²) in [6, 6.07) is 7.69. The number of carbonyl (C=O) groups is 1. The number of nitrogens with zero attached hydrogens (tertiary/aromatic N) is 1. The van der Waals surface area contributed by atoms with Gasteiger partial charge in [0, 0.05) is 6.54 Å². The van der Waals surface area contributed by atoms with Crippen molar-refractivity contribution in [2.24, 2.45) is 0 Å². The van der Waals surface area contributed by atoms with E-state index in [-0.39, 0.29) is 24.5 Å². The number of hydrogen-bond donors (Lipinski definition) is 0. The smallest absolute Gasteiger partial charge is 0.444 e. The van der Waals surface area contributed by atoms with Gasteiger partial charge >= 0.3 is 12.1 Å². The molecule has 0 saturated heterocycles. The number of amides is 1. The molecule has 2 rings (SSSR count). The molecule has 0 fully saturated rings. The normalized spacial score (nSPS) is 17.6. The highest BCUT2D eigenvalue weighted by Crippen LogP contribution is 2.33. The van der Waals surface area contributed by atoms with E-state index in [1.165, 1.54) is 12.7 Å². The summed E-state index contributed by atoms with van der Waals surface area (Å²) in [4.78, 5) is 23.9. The SMILES string of the molecule is COC(=[OH+])CC1c2ccccc2CCN1C(=O)OC(C)(C)C. The number of benzene rings is 1. The van der Waals surface area contributed by atoms with Crippen LogP contribution in [0.5, 0.6) is 0 Å². The highest BCUT2D eigenvalue weighted by Gasteiger charge is 2.36. The van der Waals surface area contributed by atoms with Crippen LogP contribution in [0.4, 0.5) is 4.79 Å². The molecule has 1 heterocycles. The molecule has 0 aromatic heterocycles. The van der Waals surface area contributed by atoms with Crippen LogP contribution in [0, 0.1) is 0 Å². The first-order chi connectivity index (χ1) is 10.3. The van der Waals surface area contributed by atoms with Crippen LogP contribution in [0.15, 0.2) is 24.3 Å². The summed E-state index contributed by atoms with van der Waals surface area (Å²) in [6.45, 7) is 6.09. The Morgan fingerprint density at radius 3 is 2.68 bits per heavy atom. The lowest BCUT2D eigenvalue weighted by atomic mass is 9.91. The number of rotatable bonds is 2. The molecule has 1 aliphatic rings. The second kappa shape index (κ2) is 6.38. The first-order valence-corrected chi connectivity index (χ1v) is 7.48. The summed E-state index contributed by atoms with van der Waals surface area (Å²) in [5.74, 6) is -0.0877. The van der Waals surface area contributed by atoms with Crippen LogP contribution in [0.3, 0.4) is 0 Å². The zero-order chi connectivity index (χ0) is 16.3. The Hall–Kier alpha value is -2.04. The van der Waals surface area contributed by atoms with E-state index in [4.69, 9.17) is 9.47 Å². The second-order valence-electron chi connectivity index (χ2n) is 6.44. The van der Waals surface area contributed by atoms with Crippen LogP contribution in [0.1, 0.15) is 44.4 Å². The Labute approximate surface area is 131 Å². The molecule has 5 nitrogen and oxygen atoms in total. The standard InChI is InChI=1S/C17H23NO4/c1-17(2,3)22-16(20)18-10-9-12-7-5-6-8-13(12)14(18)11-15(19)21-4/h5-8,14H,9-11H2,1-4H3/p+1. The van der Waals surface area contributed by atoms with E-state index >= 15 is 0 Å². The van der Waals surface area contributed by atoms with Gasteiger partial charge in [-0.15, -0.1) is 0 Å². The van der Waals surface area contributed by atoms with Crippen molar-refractivity contribution in [2.45, 2.75) is 45.3 Å². The Balaban J connectivity index is 2.29. The maximum atomic E-state index is 12.5. The number of hydrogen-bond acceptors (Lipinski definition) is 3. The van der Waals surface area contributed by atoms with Gasteiger partial charge in [0.25, 0.3) is 0 Å². The Morgan fingerprint density at radius 1 is 1.36 bits per heavy atom. The molecule has 22 heavy (non-hydrogen) atoms. The lowest BCUT2D eigenvalue weighted by Gasteiger charge is -2.37. The molecule has 5 heteroatoms. The van der Waals surface area contributed by atoms with Gasteiger partial charge in [-0.05, 0) is 38.3 Å². The van der Waals surface area contributed by atoms with Gasteiger partial charge in [-0.1, -0.05) is 24.3 Å². The van der Waals surface area contributed by atoms with Crippen molar-refractivity contribution in [1.29, 1.82) is 0 Å². The van der Waals surface area contributed by atoms with Crippen molar-refractivity contribution < 1.29 is 19.1 Å². The Kier molecular flexibility index (Phi) is 4.74. The number of methoxy groups -OCH3 is 1. The van der Waals surface area contributed by atoms with Crippen LogP contribution in [0.25, 0.3) is 0 Å². The summed E-state index contributed by atoms with van der Waals surface area (Å²) in [5, 5.41) is 0. The van der Waals surface area contributed by atoms with Crippen LogP contribution >= 0.6 is 0 Å². The van der Waals surface area contributed by atoms with E-state index in [0.29, 0.717) is 6.54 Å². The first-order valence-electron chi connectivity index (χ1n) is 7.48. The maximum Gasteiger partial charge on any atom is 0.484 e. The van der Waals surface area contributed by atoms with Crippen molar-refractivity contribution in [3.05, 3.63) is 35.4 Å². The first kappa shape index (κ1) is 16.3. The second-order valence-corrected chi connectivity index (χ2v) is 6.44. The van der Waals surface area contributed by atoms with Gasteiger partial charge in [0.15, 0.2) is 7.11 Å². The van der Waals surface area contributed by atoms with E-state index in [1.54, 1.807) is 4.90 Å². The minimum atomic E-state index is -0.550. The van der Waals surface area contributed by atoms with Crippen LogP contribution in [-0.4, -0.2) is 41.0 Å². The average Bonchev–Trinajstić information content (AvgIpc) is 2.45. The van der Waals surface area contributed by atoms with Gasteiger partial charge in [0.2, 0.25) is 0 Å². The summed E-state index contributed by atoms with van der Waals surface area (Å²) in [7, 11) is 1.42. The number of carbonyl (C=O) groups excluding carboxylic acids is 2. The molecule has 0 bridgehead atoms. The Morgan fingerprint density at radius 2 is 2.05 bits per heavy atom. The van der Waals surface area contributed by atoms with E-state index in [1.807, 2.05) is 39.0 Å². The molecule has 0 aliphatic carbocycles.